The molecule has 0 bridgehead atoms. The van der Waals surface area contributed by atoms with Gasteiger partial charge in [-0.1, -0.05) is 24.3 Å². The van der Waals surface area contributed by atoms with E-state index in [4.69, 9.17) is 4.74 Å². The van der Waals surface area contributed by atoms with E-state index < -0.39 is 11.6 Å². The van der Waals surface area contributed by atoms with Gasteiger partial charge in [0.15, 0.2) is 0 Å². The summed E-state index contributed by atoms with van der Waals surface area (Å²) in [6.45, 7) is 4.80. The van der Waals surface area contributed by atoms with Crippen LogP contribution in [-0.2, 0) is 9.53 Å². The predicted molar refractivity (Wildman–Crippen MR) is 104 cm³/mol. The third-order valence-electron chi connectivity index (χ3n) is 6.65. The summed E-state index contributed by atoms with van der Waals surface area (Å²) in [6.07, 6.45) is 4.68. The number of nitrogens with two attached hydrogens (primary N) is 1. The van der Waals surface area contributed by atoms with Crippen molar-refractivity contribution in [3.63, 3.8) is 0 Å². The molecule has 1 aliphatic carbocycles. The van der Waals surface area contributed by atoms with Gasteiger partial charge in [-0.05, 0) is 0 Å². The van der Waals surface area contributed by atoms with E-state index in [2.05, 4.69) is 5.32 Å². The van der Waals surface area contributed by atoms with E-state index in [9.17, 15) is 9.59 Å². The molecule has 0 amide bonds. The van der Waals surface area contributed by atoms with Crippen LogP contribution in [0.4, 0.5) is 0 Å². The van der Waals surface area contributed by atoms with Gasteiger partial charge in [-0.2, -0.15) is 0 Å². The lowest BCUT2D eigenvalue weighted by Crippen LogP contribution is -3.18. The number of Topliss-reactive ketones (excluding diaryl/α,β-unsaturated/α-hetero) is 2. The molecule has 1 spiro atoms. The van der Waals surface area contributed by atoms with Gasteiger partial charge in [0.05, 0.1) is 32.2 Å². The number of nitrogens with one attached hydrogen (secondary N) is 1. The van der Waals surface area contributed by atoms with Crippen LogP contribution in [0.5, 0.6) is 0 Å². The van der Waals surface area contributed by atoms with Gasteiger partial charge in [-0.25, -0.2) is 0 Å². The molecule has 27 heavy (non-hydrogen) atoms. The molecule has 0 atom stereocenters. The Morgan fingerprint density at radius 2 is 1.74 bits per heavy atom. The molecule has 2 fully saturated rings. The molecular weight excluding hydrogens is 360 g/mol. The van der Waals surface area contributed by atoms with Gasteiger partial charge in [0.2, 0.25) is 11.6 Å². The molecule has 3 aliphatic heterocycles. The maximum atomic E-state index is 12.5. The molecule has 1 aromatic rings. The number of ether oxygens (including phenoxy) is 1. The molecule has 5 nitrogen and oxygen atoms in total. The first kappa shape index (κ1) is 17.5. The van der Waals surface area contributed by atoms with E-state index >= 15 is 0 Å². The van der Waals surface area contributed by atoms with Crippen molar-refractivity contribution >= 4 is 29.1 Å². The third-order valence-corrected chi connectivity index (χ3v) is 7.98. The summed E-state index contributed by atoms with van der Waals surface area (Å²) >= 11 is 1.53. The molecule has 3 N–H and O–H groups in total. The van der Waals surface area contributed by atoms with Gasteiger partial charge in [-0.15, -0.1) is 11.8 Å². The molecule has 0 saturated carbocycles. The average Bonchev–Trinajstić information content (AvgIpc) is 2.73. The number of benzene rings is 1. The van der Waals surface area contributed by atoms with Crippen molar-refractivity contribution in [2.24, 2.45) is 0 Å². The van der Waals surface area contributed by atoms with E-state index in [-0.39, 0.29) is 5.60 Å². The first-order valence-corrected chi connectivity index (χ1v) is 11.1. The Morgan fingerprint density at radius 3 is 2.48 bits per heavy atom. The first-order valence-electron chi connectivity index (χ1n) is 10.1. The van der Waals surface area contributed by atoms with E-state index in [1.54, 1.807) is 11.0 Å². The zero-order valence-corrected chi connectivity index (χ0v) is 16.3. The molecule has 3 heterocycles. The van der Waals surface area contributed by atoms with Gasteiger partial charge in [0.1, 0.15) is 16.3 Å². The highest BCUT2D eigenvalue weighted by Gasteiger charge is 2.47. The number of fused-ring (bicyclic) bond motifs is 2. The predicted octanol–water partition coefficient (Wildman–Crippen LogP) is 0.0273. The molecule has 0 radical (unpaired) electrons. The fourth-order valence-electron chi connectivity index (χ4n) is 5.03. The standard InChI is InChI=1S/C21H24N2O3S/c24-17-15-3-1-2-4-16(15)19-20(18(17)25)27-13-21(26-19)7-11-23(12-8-21)14-5-9-22-10-6-14/h1-4,14,22H,5-13H2/p+2. The number of carbonyl (C=O) groups excluding carboxylic acids is 2. The highest BCUT2D eigenvalue weighted by atomic mass is 32.2. The van der Waals surface area contributed by atoms with Crippen LogP contribution in [0.15, 0.2) is 29.2 Å². The fraction of sp³-hybridized carbons (Fsp3) is 0.524. The Labute approximate surface area is 163 Å². The van der Waals surface area contributed by atoms with Crippen LogP contribution >= 0.6 is 11.8 Å². The average molecular weight is 387 g/mol. The lowest BCUT2D eigenvalue weighted by Gasteiger charge is -2.45. The zero-order chi connectivity index (χ0) is 18.4. The number of ketones is 2. The molecule has 142 valence electrons. The molecule has 0 aromatic heterocycles. The Balaban J connectivity index is 1.37. The second-order valence-electron chi connectivity index (χ2n) is 8.23. The van der Waals surface area contributed by atoms with Gasteiger partial charge in [0, 0.05) is 42.6 Å². The number of likely N-dealkylation sites (tertiary alicyclic amines) is 1. The van der Waals surface area contributed by atoms with E-state index in [1.165, 1.54) is 37.7 Å². The van der Waals surface area contributed by atoms with Crippen LogP contribution in [0.2, 0.25) is 0 Å². The largest absolute Gasteiger partial charge is 0.484 e. The number of hydrogen-bond acceptors (Lipinski definition) is 4. The SMILES string of the molecule is O=C1C(=O)c2ccccc2C2=C1SCC1(CC[NH+](C3CC[NH2+]CC3)CC1)O2. The van der Waals surface area contributed by atoms with Crippen LogP contribution in [0.3, 0.4) is 0 Å². The summed E-state index contributed by atoms with van der Waals surface area (Å²) in [7, 11) is 0. The van der Waals surface area contributed by atoms with Crippen molar-refractivity contribution in [2.45, 2.75) is 37.3 Å². The van der Waals surface area contributed by atoms with Crippen molar-refractivity contribution < 1.29 is 24.5 Å². The first-order chi connectivity index (χ1) is 13.2. The summed E-state index contributed by atoms with van der Waals surface area (Å²) in [6, 6.07) is 8.17. The van der Waals surface area contributed by atoms with Crippen LogP contribution in [-0.4, -0.2) is 55.1 Å². The molecule has 4 aliphatic rings. The number of rotatable bonds is 1. The Bertz CT molecular complexity index is 820. The monoisotopic (exact) mass is 386 g/mol. The highest BCUT2D eigenvalue weighted by molar-refractivity contribution is 8.04. The van der Waals surface area contributed by atoms with Crippen molar-refractivity contribution in [1.29, 1.82) is 0 Å². The maximum absolute atomic E-state index is 12.5. The number of allylic oxidation sites excluding steroid dienone is 1. The minimum atomic E-state index is -0.398. The van der Waals surface area contributed by atoms with Gasteiger partial charge < -0.3 is 15.0 Å². The number of piperidine rings is 2. The van der Waals surface area contributed by atoms with Crippen LogP contribution in [0.1, 0.15) is 41.6 Å². The second-order valence-corrected chi connectivity index (χ2v) is 9.22. The molecule has 2 saturated heterocycles. The van der Waals surface area contributed by atoms with Crippen molar-refractivity contribution in [3.8, 4) is 0 Å². The molecule has 1 aromatic carbocycles. The lowest BCUT2D eigenvalue weighted by atomic mass is 9.89. The van der Waals surface area contributed by atoms with Crippen molar-refractivity contribution in [1.82, 2.24) is 0 Å². The third kappa shape index (κ3) is 2.94. The Hall–Kier alpha value is -1.63. The number of hydrogen-bond donors (Lipinski definition) is 2. The quantitative estimate of drug-likeness (QED) is 0.669. The summed E-state index contributed by atoms with van der Waals surface area (Å²) in [5.74, 6) is 0.635. The topological polar surface area (TPSA) is 64.4 Å². The van der Waals surface area contributed by atoms with E-state index in [0.29, 0.717) is 16.2 Å². The summed E-state index contributed by atoms with van der Waals surface area (Å²) in [4.78, 5) is 27.2. The van der Waals surface area contributed by atoms with Gasteiger partial charge >= 0.3 is 0 Å². The minimum absolute atomic E-state index is 0.193. The minimum Gasteiger partial charge on any atom is -0.484 e. The Kier molecular flexibility index (Phi) is 4.37. The zero-order valence-electron chi connectivity index (χ0n) is 15.5. The molecular formula is C21H26N2O3S+2. The number of thioether (sulfide) groups is 1. The van der Waals surface area contributed by atoms with Gasteiger partial charge in [-0.3, -0.25) is 9.59 Å². The van der Waals surface area contributed by atoms with Crippen molar-refractivity contribution in [3.05, 3.63) is 40.3 Å². The molecule has 6 heteroatoms. The summed E-state index contributed by atoms with van der Waals surface area (Å²) < 4.78 is 6.57. The summed E-state index contributed by atoms with van der Waals surface area (Å²) in [5, 5.41) is 2.43. The Morgan fingerprint density at radius 1 is 1.04 bits per heavy atom. The van der Waals surface area contributed by atoms with Gasteiger partial charge in [0.25, 0.3) is 0 Å². The van der Waals surface area contributed by atoms with Crippen LogP contribution < -0.4 is 10.2 Å². The summed E-state index contributed by atoms with van der Waals surface area (Å²) in [5.41, 5.74) is 1.09. The smallest absolute Gasteiger partial charge is 0.243 e. The second kappa shape index (κ2) is 6.76. The van der Waals surface area contributed by atoms with E-state index in [1.807, 2.05) is 18.2 Å². The molecule has 5 rings (SSSR count). The van der Waals surface area contributed by atoms with Crippen LogP contribution in [0.25, 0.3) is 5.76 Å². The number of quaternary nitrogens is 2. The maximum Gasteiger partial charge on any atom is 0.243 e. The lowest BCUT2D eigenvalue weighted by molar-refractivity contribution is -0.938. The molecule has 0 unspecified atom stereocenters. The number of carbonyl (C=O) groups is 2. The highest BCUT2D eigenvalue weighted by Crippen LogP contribution is 2.46. The van der Waals surface area contributed by atoms with E-state index in [0.717, 1.165) is 43.3 Å². The normalized spacial score (nSPS) is 31.5. The fourth-order valence-corrected chi connectivity index (χ4v) is 6.29. The van der Waals surface area contributed by atoms with Crippen LogP contribution in [0, 0.1) is 0 Å². The van der Waals surface area contributed by atoms with Crippen molar-refractivity contribution in [2.75, 3.05) is 31.9 Å².